The first-order valence-corrected chi connectivity index (χ1v) is 8.42. The van der Waals surface area contributed by atoms with E-state index in [4.69, 9.17) is 11.6 Å². The Hall–Kier alpha value is -0.970. The quantitative estimate of drug-likeness (QED) is 0.816. The number of benzene rings is 1. The van der Waals surface area contributed by atoms with Crippen LogP contribution in [-0.2, 0) is 12.8 Å². The molecule has 0 aliphatic heterocycles. The van der Waals surface area contributed by atoms with E-state index in [0.29, 0.717) is 5.02 Å². The third kappa shape index (κ3) is 5.06. The van der Waals surface area contributed by atoms with Gasteiger partial charge in [-0.3, -0.25) is 0 Å². The zero-order chi connectivity index (χ0) is 15.2. The van der Waals surface area contributed by atoms with Gasteiger partial charge in [-0.2, -0.15) is 0 Å². The summed E-state index contributed by atoms with van der Waals surface area (Å²) in [7, 11) is 0. The second kappa shape index (κ2) is 7.87. The lowest BCUT2D eigenvalue weighted by molar-refractivity contribution is 0.500. The second-order valence-electron chi connectivity index (χ2n) is 5.15. The molecule has 1 aromatic carbocycles. The van der Waals surface area contributed by atoms with Crippen molar-refractivity contribution < 1.29 is 4.39 Å². The molecule has 5 heteroatoms. The summed E-state index contributed by atoms with van der Waals surface area (Å²) >= 11 is 7.80. The number of nitrogens with one attached hydrogen (secondary N) is 1. The molecule has 2 nitrogen and oxygen atoms in total. The number of hydrogen-bond acceptors (Lipinski definition) is 3. The normalized spacial score (nSPS) is 12.6. The highest BCUT2D eigenvalue weighted by atomic mass is 35.5. The molecule has 114 valence electrons. The fourth-order valence-corrected chi connectivity index (χ4v) is 3.14. The van der Waals surface area contributed by atoms with E-state index < -0.39 is 0 Å². The average molecular weight is 327 g/mol. The Labute approximate surface area is 134 Å². The molecule has 1 atom stereocenters. The van der Waals surface area contributed by atoms with E-state index in [1.54, 1.807) is 17.4 Å². The third-order valence-corrected chi connectivity index (χ3v) is 4.46. The van der Waals surface area contributed by atoms with Crippen LogP contribution in [0.15, 0.2) is 23.6 Å². The number of rotatable bonds is 7. The van der Waals surface area contributed by atoms with Gasteiger partial charge in [-0.25, -0.2) is 9.37 Å². The Bertz CT molecular complexity index is 585. The van der Waals surface area contributed by atoms with Crippen LogP contribution in [0.2, 0.25) is 5.02 Å². The van der Waals surface area contributed by atoms with Crippen LogP contribution in [0.5, 0.6) is 0 Å². The Morgan fingerprint density at radius 2 is 2.19 bits per heavy atom. The molecule has 21 heavy (non-hydrogen) atoms. The van der Waals surface area contributed by atoms with Gasteiger partial charge >= 0.3 is 0 Å². The van der Waals surface area contributed by atoms with Gasteiger partial charge in [0.1, 0.15) is 5.82 Å². The summed E-state index contributed by atoms with van der Waals surface area (Å²) in [5.74, 6) is -0.294. The highest BCUT2D eigenvalue weighted by molar-refractivity contribution is 7.09. The smallest absolute Gasteiger partial charge is 0.124 e. The SMILES string of the molecule is CCCNC(Cc1csc(C)n1)Cc1ccc(F)cc1Cl. The number of aryl methyl sites for hydroxylation is 1. The molecule has 0 fully saturated rings. The van der Waals surface area contributed by atoms with Crippen molar-refractivity contribution in [2.75, 3.05) is 6.54 Å². The highest BCUT2D eigenvalue weighted by Gasteiger charge is 2.14. The lowest BCUT2D eigenvalue weighted by Crippen LogP contribution is -2.34. The maximum absolute atomic E-state index is 13.1. The number of nitrogens with zero attached hydrogens (tertiary/aromatic N) is 1. The number of hydrogen-bond donors (Lipinski definition) is 1. The van der Waals surface area contributed by atoms with Gasteiger partial charge < -0.3 is 5.32 Å². The Morgan fingerprint density at radius 3 is 2.81 bits per heavy atom. The van der Waals surface area contributed by atoms with Crippen LogP contribution in [0, 0.1) is 12.7 Å². The van der Waals surface area contributed by atoms with Crippen LogP contribution < -0.4 is 5.32 Å². The molecular formula is C16H20ClFN2S. The minimum atomic E-state index is -0.294. The van der Waals surface area contributed by atoms with E-state index in [1.807, 2.05) is 6.92 Å². The van der Waals surface area contributed by atoms with Crippen LogP contribution in [0.3, 0.4) is 0 Å². The molecule has 0 saturated heterocycles. The summed E-state index contributed by atoms with van der Waals surface area (Å²) in [6, 6.07) is 4.87. The predicted octanol–water partition coefficient (Wildman–Crippen LogP) is 4.40. The van der Waals surface area contributed by atoms with Crippen LogP contribution in [0.1, 0.15) is 29.6 Å². The van der Waals surface area contributed by atoms with Gasteiger partial charge in [-0.05, 0) is 44.0 Å². The van der Waals surface area contributed by atoms with E-state index >= 15 is 0 Å². The maximum atomic E-state index is 13.1. The molecule has 0 aliphatic carbocycles. The zero-order valence-electron chi connectivity index (χ0n) is 12.3. The molecule has 1 heterocycles. The van der Waals surface area contributed by atoms with Gasteiger partial charge in [0.15, 0.2) is 0 Å². The van der Waals surface area contributed by atoms with E-state index in [-0.39, 0.29) is 11.9 Å². The summed E-state index contributed by atoms with van der Waals surface area (Å²) in [4.78, 5) is 4.52. The summed E-state index contributed by atoms with van der Waals surface area (Å²) < 4.78 is 13.1. The van der Waals surface area contributed by atoms with Gasteiger partial charge in [-0.1, -0.05) is 24.6 Å². The summed E-state index contributed by atoms with van der Waals surface area (Å²) in [5.41, 5.74) is 2.07. The van der Waals surface area contributed by atoms with Crippen LogP contribution in [0.25, 0.3) is 0 Å². The lowest BCUT2D eigenvalue weighted by atomic mass is 10.0. The van der Waals surface area contributed by atoms with Crippen LogP contribution in [0.4, 0.5) is 4.39 Å². The molecule has 1 unspecified atom stereocenters. The van der Waals surface area contributed by atoms with Crippen molar-refractivity contribution in [1.82, 2.24) is 10.3 Å². The Morgan fingerprint density at radius 1 is 1.38 bits per heavy atom. The molecule has 2 aromatic rings. The molecule has 2 rings (SSSR count). The number of halogens is 2. The molecule has 0 radical (unpaired) electrons. The monoisotopic (exact) mass is 326 g/mol. The first-order chi connectivity index (χ1) is 10.1. The largest absolute Gasteiger partial charge is 0.313 e. The Kier molecular flexibility index (Phi) is 6.15. The van der Waals surface area contributed by atoms with Gasteiger partial charge in [0, 0.05) is 22.9 Å². The van der Waals surface area contributed by atoms with Gasteiger partial charge in [0.05, 0.1) is 10.7 Å². The van der Waals surface area contributed by atoms with Crippen LogP contribution >= 0.6 is 22.9 Å². The average Bonchev–Trinajstić information content (AvgIpc) is 2.84. The Balaban J connectivity index is 2.08. The minimum Gasteiger partial charge on any atom is -0.313 e. The van der Waals surface area contributed by atoms with Gasteiger partial charge in [0.2, 0.25) is 0 Å². The lowest BCUT2D eigenvalue weighted by Gasteiger charge is -2.18. The summed E-state index contributed by atoms with van der Waals surface area (Å²) in [5, 5.41) is 7.20. The van der Waals surface area contributed by atoms with Crippen molar-refractivity contribution in [3.05, 3.63) is 50.7 Å². The van der Waals surface area contributed by atoms with E-state index in [0.717, 1.165) is 42.1 Å². The maximum Gasteiger partial charge on any atom is 0.124 e. The van der Waals surface area contributed by atoms with Crippen molar-refractivity contribution in [1.29, 1.82) is 0 Å². The topological polar surface area (TPSA) is 24.9 Å². The van der Waals surface area contributed by atoms with Crippen molar-refractivity contribution in [3.8, 4) is 0 Å². The third-order valence-electron chi connectivity index (χ3n) is 3.29. The number of thiazole rings is 1. The van der Waals surface area contributed by atoms with Crippen molar-refractivity contribution in [2.45, 2.75) is 39.2 Å². The van der Waals surface area contributed by atoms with Gasteiger partial charge in [0.25, 0.3) is 0 Å². The van der Waals surface area contributed by atoms with E-state index in [9.17, 15) is 4.39 Å². The minimum absolute atomic E-state index is 0.259. The van der Waals surface area contributed by atoms with E-state index in [2.05, 4.69) is 22.6 Å². The fraction of sp³-hybridized carbons (Fsp3) is 0.438. The standard InChI is InChI=1S/C16H20ClFN2S/c1-3-6-19-14(9-15-10-21-11(2)20-15)7-12-4-5-13(18)8-16(12)17/h4-5,8,10,14,19H,3,6-7,9H2,1-2H3. The molecule has 0 saturated carbocycles. The fourth-order valence-electron chi connectivity index (χ4n) is 2.27. The van der Waals surface area contributed by atoms with Crippen molar-refractivity contribution >= 4 is 22.9 Å². The molecular weight excluding hydrogens is 307 g/mol. The van der Waals surface area contributed by atoms with Gasteiger partial charge in [-0.15, -0.1) is 11.3 Å². The number of aromatic nitrogens is 1. The predicted molar refractivity (Wildman–Crippen MR) is 87.8 cm³/mol. The molecule has 1 aromatic heterocycles. The first-order valence-electron chi connectivity index (χ1n) is 7.16. The van der Waals surface area contributed by atoms with Crippen molar-refractivity contribution in [3.63, 3.8) is 0 Å². The molecule has 0 amide bonds. The molecule has 1 N–H and O–H groups in total. The van der Waals surface area contributed by atoms with Crippen molar-refractivity contribution in [2.24, 2.45) is 0 Å². The zero-order valence-corrected chi connectivity index (χ0v) is 13.9. The summed E-state index contributed by atoms with van der Waals surface area (Å²) in [6.07, 6.45) is 2.71. The first kappa shape index (κ1) is 16.4. The summed E-state index contributed by atoms with van der Waals surface area (Å²) in [6.45, 7) is 5.11. The van der Waals surface area contributed by atoms with E-state index in [1.165, 1.54) is 12.1 Å². The second-order valence-corrected chi connectivity index (χ2v) is 6.62. The molecule has 0 spiro atoms. The highest BCUT2D eigenvalue weighted by Crippen LogP contribution is 2.20. The van der Waals surface area contributed by atoms with Crippen LogP contribution in [-0.4, -0.2) is 17.6 Å². The molecule has 0 bridgehead atoms. The molecule has 0 aliphatic rings.